The van der Waals surface area contributed by atoms with Crippen LogP contribution >= 0.6 is 11.3 Å². The molecule has 270 valence electrons. The van der Waals surface area contributed by atoms with Crippen molar-refractivity contribution in [2.75, 3.05) is 0 Å². The summed E-state index contributed by atoms with van der Waals surface area (Å²) < 4.78 is 2.40. The highest BCUT2D eigenvalue weighted by molar-refractivity contribution is 7.19. The SMILES string of the molecule is c1ccc(-c2sc(-c3ccccc3)c3c2-c2ccccc2C32c3ccccc3-c3ccc(-c4nc5ccccc5[n+](-c5ccccc5)c4-c4ccccc4)cc32)cc1. The lowest BCUT2D eigenvalue weighted by Crippen LogP contribution is -2.35. The minimum atomic E-state index is -0.554. The third-order valence-electron chi connectivity index (χ3n) is 12.1. The van der Waals surface area contributed by atoms with Crippen molar-refractivity contribution in [1.82, 2.24) is 4.98 Å². The second kappa shape index (κ2) is 12.9. The zero-order valence-corrected chi connectivity index (χ0v) is 32.3. The lowest BCUT2D eigenvalue weighted by Gasteiger charge is -2.31. The van der Waals surface area contributed by atoms with Gasteiger partial charge in [0.2, 0.25) is 16.9 Å². The largest absolute Gasteiger partial charge is 0.245 e. The summed E-state index contributed by atoms with van der Waals surface area (Å²) in [5, 5.41) is 0. The molecule has 3 heteroatoms. The standard InChI is InChI=1S/C55H35N2S/c1-5-19-36(20-6-1)52-51(56-47-31-17-18-32-48(47)57(52)40-25-11-4-12-26-40)39-33-34-42-41-27-13-15-29-44(41)55(46(42)35-39)45-30-16-14-28-43(45)49-50(55)54(38-23-9-3-10-24-38)58-53(49)37-21-7-2-8-22-37/h1-35H/q+1. The maximum absolute atomic E-state index is 5.58. The van der Waals surface area contributed by atoms with E-state index in [2.05, 4.69) is 217 Å². The highest BCUT2D eigenvalue weighted by atomic mass is 32.1. The van der Waals surface area contributed by atoms with Crippen molar-refractivity contribution in [2.45, 2.75) is 5.41 Å². The van der Waals surface area contributed by atoms with Gasteiger partial charge in [-0.05, 0) is 74.3 Å². The molecule has 2 nitrogen and oxygen atoms in total. The Kier molecular flexibility index (Phi) is 7.35. The molecule has 58 heavy (non-hydrogen) atoms. The average Bonchev–Trinajstić information content (AvgIpc) is 3.94. The van der Waals surface area contributed by atoms with Crippen LogP contribution in [-0.4, -0.2) is 4.98 Å². The second-order valence-corrected chi connectivity index (χ2v) is 16.2. The molecule has 0 N–H and O–H groups in total. The van der Waals surface area contributed by atoms with Gasteiger partial charge in [-0.1, -0.05) is 170 Å². The highest BCUT2D eigenvalue weighted by Gasteiger charge is 2.54. The van der Waals surface area contributed by atoms with Gasteiger partial charge >= 0.3 is 0 Å². The van der Waals surface area contributed by atoms with Crippen molar-refractivity contribution >= 4 is 22.4 Å². The smallest absolute Gasteiger partial charge is 0.234 e. The van der Waals surface area contributed by atoms with Crippen molar-refractivity contribution in [2.24, 2.45) is 0 Å². The molecule has 0 saturated heterocycles. The van der Waals surface area contributed by atoms with E-state index in [1.54, 1.807) is 0 Å². The molecule has 2 aromatic heterocycles. The summed E-state index contributed by atoms with van der Waals surface area (Å²) in [6.45, 7) is 0. The lowest BCUT2D eigenvalue weighted by molar-refractivity contribution is -0.555. The normalized spacial score (nSPS) is 14.6. The van der Waals surface area contributed by atoms with Crippen LogP contribution in [0.25, 0.3) is 82.4 Å². The van der Waals surface area contributed by atoms with Gasteiger partial charge in [0.05, 0.1) is 5.41 Å². The summed E-state index contributed by atoms with van der Waals surface area (Å²) in [5.74, 6) is 0. The summed E-state index contributed by atoms with van der Waals surface area (Å²) in [6, 6.07) is 77.4. The number of nitrogens with zero attached hydrogens (tertiary/aromatic N) is 2. The van der Waals surface area contributed by atoms with E-state index in [4.69, 9.17) is 4.98 Å². The molecule has 12 rings (SSSR count). The van der Waals surface area contributed by atoms with Gasteiger partial charge in [-0.25, -0.2) is 4.98 Å². The van der Waals surface area contributed by atoms with Crippen molar-refractivity contribution in [1.29, 1.82) is 0 Å². The molecule has 0 fully saturated rings. The maximum atomic E-state index is 5.58. The zero-order valence-electron chi connectivity index (χ0n) is 31.5. The Morgan fingerprint density at radius 1 is 0.414 bits per heavy atom. The van der Waals surface area contributed by atoms with Crippen LogP contribution in [0.4, 0.5) is 0 Å². The van der Waals surface area contributed by atoms with Gasteiger partial charge in [0.1, 0.15) is 11.2 Å². The first-order valence-corrected chi connectivity index (χ1v) is 20.7. The predicted molar refractivity (Wildman–Crippen MR) is 239 cm³/mol. The Bertz CT molecular complexity index is 3210. The number of aromatic nitrogens is 2. The van der Waals surface area contributed by atoms with Crippen LogP contribution in [0.15, 0.2) is 212 Å². The van der Waals surface area contributed by atoms with E-state index < -0.39 is 5.41 Å². The first kappa shape index (κ1) is 33.0. The van der Waals surface area contributed by atoms with Crippen LogP contribution in [0.1, 0.15) is 22.3 Å². The van der Waals surface area contributed by atoms with Crippen molar-refractivity contribution in [3.8, 4) is 71.3 Å². The Labute approximate surface area is 341 Å². The topological polar surface area (TPSA) is 16.8 Å². The van der Waals surface area contributed by atoms with E-state index in [1.807, 2.05) is 11.3 Å². The van der Waals surface area contributed by atoms with E-state index >= 15 is 0 Å². The first-order chi connectivity index (χ1) is 28.8. The van der Waals surface area contributed by atoms with E-state index in [-0.39, 0.29) is 0 Å². The van der Waals surface area contributed by atoms with E-state index in [0.717, 1.165) is 39.2 Å². The average molecular weight is 756 g/mol. The van der Waals surface area contributed by atoms with Crippen LogP contribution in [0, 0.1) is 0 Å². The van der Waals surface area contributed by atoms with Crippen molar-refractivity contribution < 1.29 is 4.57 Å². The number of rotatable bonds is 5. The molecule has 0 amide bonds. The van der Waals surface area contributed by atoms with Crippen molar-refractivity contribution in [3.63, 3.8) is 0 Å². The maximum Gasteiger partial charge on any atom is 0.245 e. The fourth-order valence-corrected chi connectivity index (χ4v) is 11.2. The van der Waals surface area contributed by atoms with Crippen LogP contribution in [0.3, 0.4) is 0 Å². The van der Waals surface area contributed by atoms with Gasteiger partial charge in [-0.3, -0.25) is 0 Å². The summed E-state index contributed by atoms with van der Waals surface area (Å²) in [4.78, 5) is 8.20. The summed E-state index contributed by atoms with van der Waals surface area (Å²) in [6.07, 6.45) is 0. The molecule has 2 aliphatic rings. The molecule has 1 atom stereocenters. The molecule has 0 radical (unpaired) electrons. The number of fused-ring (bicyclic) bond motifs is 11. The molecule has 10 aromatic rings. The molecule has 0 aliphatic heterocycles. The van der Waals surface area contributed by atoms with Gasteiger partial charge in [0.25, 0.3) is 0 Å². The molecule has 2 heterocycles. The Morgan fingerprint density at radius 3 is 1.66 bits per heavy atom. The van der Waals surface area contributed by atoms with Gasteiger partial charge in [0.15, 0.2) is 0 Å². The fraction of sp³-hybridized carbons (Fsp3) is 0.0182. The monoisotopic (exact) mass is 755 g/mol. The molecule has 8 aromatic carbocycles. The highest BCUT2D eigenvalue weighted by Crippen LogP contribution is 2.68. The Balaban J connectivity index is 1.22. The first-order valence-electron chi connectivity index (χ1n) is 19.9. The quantitative estimate of drug-likeness (QED) is 0.160. The zero-order chi connectivity index (χ0) is 38.2. The third kappa shape index (κ3) is 4.65. The van der Waals surface area contributed by atoms with E-state index in [0.29, 0.717) is 0 Å². The predicted octanol–water partition coefficient (Wildman–Crippen LogP) is 13.6. The molecule has 1 spiro atoms. The minimum Gasteiger partial charge on any atom is -0.234 e. The van der Waals surface area contributed by atoms with Gasteiger partial charge in [-0.15, -0.1) is 15.9 Å². The number of hydrogen-bond acceptors (Lipinski definition) is 2. The third-order valence-corrected chi connectivity index (χ3v) is 13.4. The van der Waals surface area contributed by atoms with E-state index in [9.17, 15) is 0 Å². The summed E-state index contributed by atoms with van der Waals surface area (Å²) in [7, 11) is 0. The van der Waals surface area contributed by atoms with Crippen LogP contribution in [-0.2, 0) is 5.41 Å². The summed E-state index contributed by atoms with van der Waals surface area (Å²) in [5.41, 5.74) is 19.8. The van der Waals surface area contributed by atoms with Gasteiger partial charge in [-0.2, -0.15) is 0 Å². The fourth-order valence-electron chi connectivity index (χ4n) is 9.84. The van der Waals surface area contributed by atoms with Gasteiger partial charge < -0.3 is 0 Å². The van der Waals surface area contributed by atoms with Crippen LogP contribution < -0.4 is 4.57 Å². The molecule has 0 saturated carbocycles. The van der Waals surface area contributed by atoms with Crippen molar-refractivity contribution in [3.05, 3.63) is 235 Å². The molecular weight excluding hydrogens is 721 g/mol. The molecular formula is C55H35N2S+. The molecule has 1 unspecified atom stereocenters. The minimum absolute atomic E-state index is 0.554. The number of hydrogen-bond donors (Lipinski definition) is 0. The number of benzene rings is 8. The van der Waals surface area contributed by atoms with Gasteiger partial charge in [0, 0.05) is 44.6 Å². The number of thiophene rings is 1. The molecule has 0 bridgehead atoms. The second-order valence-electron chi connectivity index (χ2n) is 15.2. The molecule has 2 aliphatic carbocycles. The van der Waals surface area contributed by atoms with Crippen LogP contribution in [0.2, 0.25) is 0 Å². The van der Waals surface area contributed by atoms with E-state index in [1.165, 1.54) is 65.4 Å². The Hall–Kier alpha value is -7.20. The van der Waals surface area contributed by atoms with Crippen LogP contribution in [0.5, 0.6) is 0 Å². The summed E-state index contributed by atoms with van der Waals surface area (Å²) >= 11 is 1.93. The lowest BCUT2D eigenvalue weighted by atomic mass is 9.69. The number of para-hydroxylation sites is 3. The Morgan fingerprint density at radius 2 is 0.948 bits per heavy atom.